The largest absolute Gasteiger partial charge is 0.406 e. The fourth-order valence-corrected chi connectivity index (χ4v) is 2.40. The van der Waals surface area contributed by atoms with E-state index in [1.807, 2.05) is 0 Å². The van der Waals surface area contributed by atoms with Crippen LogP contribution >= 0.6 is 0 Å². The molecule has 0 aliphatic carbocycles. The topological polar surface area (TPSA) is 34.9 Å². The molecule has 0 saturated heterocycles. The molecule has 3 aromatic rings. The molecule has 0 atom stereocenters. The first-order chi connectivity index (χ1) is 10.8. The summed E-state index contributed by atoms with van der Waals surface area (Å²) in [5.41, 5.74) is -0.356. The van der Waals surface area contributed by atoms with E-state index in [0.717, 1.165) is 18.2 Å². The van der Waals surface area contributed by atoms with Crippen molar-refractivity contribution in [2.24, 2.45) is 0 Å². The van der Waals surface area contributed by atoms with E-state index in [1.54, 1.807) is 30.3 Å². The molecule has 0 unspecified atom stereocenters. The Balaban J connectivity index is 2.34. The van der Waals surface area contributed by atoms with E-state index < -0.39 is 24.2 Å². The predicted molar refractivity (Wildman–Crippen MR) is 77.5 cm³/mol. The molecule has 0 radical (unpaired) electrons. The van der Waals surface area contributed by atoms with Crippen molar-refractivity contribution in [1.82, 2.24) is 9.55 Å². The van der Waals surface area contributed by atoms with Crippen molar-refractivity contribution in [3.8, 4) is 11.3 Å². The highest BCUT2D eigenvalue weighted by Crippen LogP contribution is 2.27. The van der Waals surface area contributed by atoms with Crippen molar-refractivity contribution in [3.63, 3.8) is 0 Å². The molecule has 118 valence electrons. The summed E-state index contributed by atoms with van der Waals surface area (Å²) in [6, 6.07) is 11.7. The number of hydrogen-bond donors (Lipinski definition) is 0. The highest BCUT2D eigenvalue weighted by atomic mass is 19.4. The van der Waals surface area contributed by atoms with E-state index in [0.29, 0.717) is 10.1 Å². The van der Waals surface area contributed by atoms with Gasteiger partial charge in [0, 0.05) is 10.9 Å². The summed E-state index contributed by atoms with van der Waals surface area (Å²) in [5.74, 6) is -0.617. The van der Waals surface area contributed by atoms with Gasteiger partial charge in [0.25, 0.3) is 0 Å². The quantitative estimate of drug-likeness (QED) is 0.673. The van der Waals surface area contributed by atoms with Gasteiger partial charge in [-0.25, -0.2) is 9.18 Å². The molecule has 0 amide bonds. The third kappa shape index (κ3) is 3.08. The van der Waals surface area contributed by atoms with Crippen LogP contribution in [0.25, 0.3) is 22.2 Å². The minimum absolute atomic E-state index is 0.0115. The van der Waals surface area contributed by atoms with Crippen LogP contribution in [0.4, 0.5) is 17.6 Å². The molecule has 3 nitrogen and oxygen atoms in total. The van der Waals surface area contributed by atoms with Crippen molar-refractivity contribution in [3.05, 3.63) is 64.8 Å². The number of alkyl halides is 3. The summed E-state index contributed by atoms with van der Waals surface area (Å²) >= 11 is 0. The summed E-state index contributed by atoms with van der Waals surface area (Å²) in [6.45, 7) is -1.48. The van der Waals surface area contributed by atoms with Crippen LogP contribution < -0.4 is 5.69 Å². The molecule has 7 heteroatoms. The Hall–Kier alpha value is -2.70. The lowest BCUT2D eigenvalue weighted by molar-refractivity contribution is -0.140. The maximum absolute atomic E-state index is 13.6. The van der Waals surface area contributed by atoms with E-state index >= 15 is 0 Å². The second-order valence-electron chi connectivity index (χ2n) is 4.97. The number of aromatic nitrogens is 2. The number of benzene rings is 2. The lowest BCUT2D eigenvalue weighted by Gasteiger charge is -2.14. The number of rotatable bonds is 2. The Morgan fingerprint density at radius 3 is 2.39 bits per heavy atom. The van der Waals surface area contributed by atoms with Gasteiger partial charge < -0.3 is 0 Å². The van der Waals surface area contributed by atoms with Crippen molar-refractivity contribution in [1.29, 1.82) is 0 Å². The minimum Gasteiger partial charge on any atom is -0.283 e. The molecule has 3 rings (SSSR count). The monoisotopic (exact) mass is 322 g/mol. The lowest BCUT2D eigenvalue weighted by atomic mass is 10.1. The molecule has 0 N–H and O–H groups in total. The molecular weight excluding hydrogens is 312 g/mol. The van der Waals surface area contributed by atoms with E-state index in [9.17, 15) is 22.4 Å². The first kappa shape index (κ1) is 15.2. The SMILES string of the molecule is O=c1nc(-c2ccccc2)c2cc(F)ccc2n1CC(F)(F)F. The molecule has 2 aromatic carbocycles. The summed E-state index contributed by atoms with van der Waals surface area (Å²) in [5, 5.41) is 0.153. The Kier molecular flexibility index (Phi) is 3.63. The molecule has 23 heavy (non-hydrogen) atoms. The first-order valence-corrected chi connectivity index (χ1v) is 6.67. The second kappa shape index (κ2) is 5.49. The molecule has 1 heterocycles. The smallest absolute Gasteiger partial charge is 0.283 e. The molecule has 0 spiro atoms. The zero-order chi connectivity index (χ0) is 16.6. The van der Waals surface area contributed by atoms with Crippen LogP contribution in [-0.2, 0) is 6.54 Å². The van der Waals surface area contributed by atoms with Crippen LogP contribution in [0.2, 0.25) is 0 Å². The highest BCUT2D eigenvalue weighted by molar-refractivity contribution is 5.92. The molecular formula is C16H10F4N2O. The maximum atomic E-state index is 13.6. The van der Waals surface area contributed by atoms with Gasteiger partial charge >= 0.3 is 11.9 Å². The second-order valence-corrected chi connectivity index (χ2v) is 4.97. The van der Waals surface area contributed by atoms with Crippen molar-refractivity contribution >= 4 is 10.9 Å². The minimum atomic E-state index is -4.58. The van der Waals surface area contributed by atoms with Gasteiger partial charge in [-0.1, -0.05) is 30.3 Å². The highest BCUT2D eigenvalue weighted by Gasteiger charge is 2.30. The van der Waals surface area contributed by atoms with Gasteiger partial charge in [0.1, 0.15) is 12.4 Å². The molecule has 0 aliphatic rings. The third-order valence-electron chi connectivity index (χ3n) is 3.33. The maximum Gasteiger partial charge on any atom is 0.406 e. The van der Waals surface area contributed by atoms with E-state index in [1.165, 1.54) is 0 Å². The average Bonchev–Trinajstić information content (AvgIpc) is 2.49. The first-order valence-electron chi connectivity index (χ1n) is 6.67. The van der Waals surface area contributed by atoms with Gasteiger partial charge in [0.2, 0.25) is 0 Å². The molecule has 0 aliphatic heterocycles. The van der Waals surface area contributed by atoms with Gasteiger partial charge in [0.15, 0.2) is 0 Å². The Bertz CT molecular complexity index is 917. The van der Waals surface area contributed by atoms with Gasteiger partial charge in [-0.3, -0.25) is 4.57 Å². The summed E-state index contributed by atoms with van der Waals surface area (Å²) in [4.78, 5) is 15.8. The number of fused-ring (bicyclic) bond motifs is 1. The van der Waals surface area contributed by atoms with Crippen LogP contribution in [0.15, 0.2) is 53.3 Å². The predicted octanol–water partition coefficient (Wildman–Crippen LogP) is 3.76. The third-order valence-corrected chi connectivity index (χ3v) is 3.33. The van der Waals surface area contributed by atoms with Crippen LogP contribution in [0.5, 0.6) is 0 Å². The standard InChI is InChI=1S/C16H10F4N2O/c17-11-6-7-13-12(8-11)14(10-4-2-1-3-5-10)21-15(23)22(13)9-16(18,19)20/h1-8H,9H2. The number of nitrogens with zero attached hydrogens (tertiary/aromatic N) is 2. The van der Waals surface area contributed by atoms with Crippen molar-refractivity contribution in [2.45, 2.75) is 12.7 Å². The fraction of sp³-hybridized carbons (Fsp3) is 0.125. The van der Waals surface area contributed by atoms with Crippen molar-refractivity contribution in [2.75, 3.05) is 0 Å². The van der Waals surface area contributed by atoms with Gasteiger partial charge in [-0.2, -0.15) is 18.2 Å². The lowest BCUT2D eigenvalue weighted by Crippen LogP contribution is -2.30. The van der Waals surface area contributed by atoms with Gasteiger partial charge in [0.05, 0.1) is 11.2 Å². The van der Waals surface area contributed by atoms with Gasteiger partial charge in [-0.15, -0.1) is 0 Å². The molecule has 0 bridgehead atoms. The zero-order valence-electron chi connectivity index (χ0n) is 11.6. The fourth-order valence-electron chi connectivity index (χ4n) is 2.40. The average molecular weight is 322 g/mol. The van der Waals surface area contributed by atoms with E-state index in [2.05, 4.69) is 4.98 Å². The van der Waals surface area contributed by atoms with E-state index in [4.69, 9.17) is 0 Å². The molecule has 1 aromatic heterocycles. The Labute approximate surface area is 127 Å². The summed E-state index contributed by atoms with van der Waals surface area (Å²) in [7, 11) is 0. The molecule has 0 saturated carbocycles. The zero-order valence-corrected chi connectivity index (χ0v) is 11.6. The van der Waals surface area contributed by atoms with Crippen LogP contribution in [0.1, 0.15) is 0 Å². The molecule has 0 fully saturated rings. The van der Waals surface area contributed by atoms with Crippen LogP contribution in [-0.4, -0.2) is 15.7 Å². The normalized spacial score (nSPS) is 11.8. The van der Waals surface area contributed by atoms with E-state index in [-0.39, 0.29) is 16.6 Å². The number of hydrogen-bond acceptors (Lipinski definition) is 2. The number of halogens is 4. The Morgan fingerprint density at radius 2 is 1.74 bits per heavy atom. The van der Waals surface area contributed by atoms with Crippen molar-refractivity contribution < 1.29 is 17.6 Å². The van der Waals surface area contributed by atoms with Gasteiger partial charge in [-0.05, 0) is 18.2 Å². The summed E-state index contributed by atoms with van der Waals surface area (Å²) < 4.78 is 52.1. The Morgan fingerprint density at radius 1 is 1.04 bits per heavy atom. The summed E-state index contributed by atoms with van der Waals surface area (Å²) in [6.07, 6.45) is -4.58. The van der Waals surface area contributed by atoms with Crippen LogP contribution in [0, 0.1) is 5.82 Å². The van der Waals surface area contributed by atoms with Crippen LogP contribution in [0.3, 0.4) is 0 Å².